The van der Waals surface area contributed by atoms with Crippen LogP contribution in [0.2, 0.25) is 0 Å². The summed E-state index contributed by atoms with van der Waals surface area (Å²) >= 11 is 0. The van der Waals surface area contributed by atoms with Crippen molar-refractivity contribution in [2.45, 2.75) is 25.7 Å². The van der Waals surface area contributed by atoms with Gasteiger partial charge in [0.05, 0.1) is 5.92 Å². The van der Waals surface area contributed by atoms with Crippen molar-refractivity contribution in [3.8, 4) is 0 Å². The van der Waals surface area contributed by atoms with E-state index in [0.29, 0.717) is 13.0 Å². The Morgan fingerprint density at radius 1 is 1.24 bits per heavy atom. The maximum atomic E-state index is 12.1. The summed E-state index contributed by atoms with van der Waals surface area (Å²) in [4.78, 5) is 24.9. The lowest BCUT2D eigenvalue weighted by atomic mass is 9.79. The molecule has 1 saturated carbocycles. The van der Waals surface area contributed by atoms with Crippen molar-refractivity contribution in [1.29, 1.82) is 0 Å². The molecular weight excluding hydrogens is 268 g/mol. The van der Waals surface area contributed by atoms with Crippen molar-refractivity contribution in [3.05, 3.63) is 30.3 Å². The second kappa shape index (κ2) is 7.11. The molecule has 1 fully saturated rings. The maximum Gasteiger partial charge on any atom is 0.321 e. The van der Waals surface area contributed by atoms with Gasteiger partial charge in [-0.05, 0) is 30.9 Å². The SMILES string of the molecule is CN(C(=O)NCC1CCCCC1C(=O)O)c1ccccc1. The molecule has 1 aliphatic carbocycles. The number of hydrogen-bond acceptors (Lipinski definition) is 2. The quantitative estimate of drug-likeness (QED) is 0.895. The molecular formula is C16H22N2O3. The van der Waals surface area contributed by atoms with Crippen molar-refractivity contribution < 1.29 is 14.7 Å². The van der Waals surface area contributed by atoms with Gasteiger partial charge in [-0.1, -0.05) is 31.0 Å². The van der Waals surface area contributed by atoms with Crippen molar-refractivity contribution >= 4 is 17.7 Å². The highest BCUT2D eigenvalue weighted by atomic mass is 16.4. The summed E-state index contributed by atoms with van der Waals surface area (Å²) in [5.74, 6) is -1.05. The van der Waals surface area contributed by atoms with Crippen LogP contribution >= 0.6 is 0 Å². The van der Waals surface area contributed by atoms with Gasteiger partial charge in [0.15, 0.2) is 0 Å². The fourth-order valence-corrected chi connectivity index (χ4v) is 2.88. The summed E-state index contributed by atoms with van der Waals surface area (Å²) in [5.41, 5.74) is 0.813. The average Bonchev–Trinajstić information content (AvgIpc) is 2.52. The lowest BCUT2D eigenvalue weighted by Gasteiger charge is -2.29. The first-order valence-corrected chi connectivity index (χ1v) is 7.39. The van der Waals surface area contributed by atoms with E-state index in [9.17, 15) is 14.7 Å². The Labute approximate surface area is 125 Å². The third kappa shape index (κ3) is 3.97. The Morgan fingerprint density at radius 2 is 1.90 bits per heavy atom. The van der Waals surface area contributed by atoms with E-state index in [2.05, 4.69) is 5.32 Å². The molecule has 5 nitrogen and oxygen atoms in total. The van der Waals surface area contributed by atoms with Gasteiger partial charge in [0.1, 0.15) is 0 Å². The first-order valence-electron chi connectivity index (χ1n) is 7.39. The Morgan fingerprint density at radius 3 is 2.57 bits per heavy atom. The second-order valence-corrected chi connectivity index (χ2v) is 5.57. The molecule has 2 unspecified atom stereocenters. The number of urea groups is 1. The molecule has 0 spiro atoms. The number of amides is 2. The molecule has 5 heteroatoms. The number of nitrogens with zero attached hydrogens (tertiary/aromatic N) is 1. The molecule has 1 aromatic rings. The summed E-state index contributed by atoms with van der Waals surface area (Å²) in [6, 6.07) is 9.17. The van der Waals surface area contributed by atoms with Gasteiger partial charge < -0.3 is 10.4 Å². The van der Waals surface area contributed by atoms with Crippen molar-refractivity contribution in [2.24, 2.45) is 11.8 Å². The molecule has 2 N–H and O–H groups in total. The lowest BCUT2D eigenvalue weighted by molar-refractivity contribution is -0.144. The standard InChI is InChI=1S/C16H22N2O3/c1-18(13-8-3-2-4-9-13)16(21)17-11-12-7-5-6-10-14(12)15(19)20/h2-4,8-9,12,14H,5-7,10-11H2,1H3,(H,17,21)(H,19,20). The van der Waals surface area contributed by atoms with Crippen LogP contribution in [0.4, 0.5) is 10.5 Å². The predicted octanol–water partition coefficient (Wildman–Crippen LogP) is 2.72. The Kier molecular flexibility index (Phi) is 5.20. The highest BCUT2D eigenvalue weighted by molar-refractivity contribution is 5.91. The van der Waals surface area contributed by atoms with Gasteiger partial charge in [-0.3, -0.25) is 9.69 Å². The molecule has 2 amide bonds. The first kappa shape index (κ1) is 15.4. The summed E-state index contributed by atoms with van der Waals surface area (Å²) in [6.45, 7) is 0.424. The number of aliphatic carboxylic acids is 1. The minimum absolute atomic E-state index is 0.0318. The number of carbonyl (C=O) groups excluding carboxylic acids is 1. The Bertz CT molecular complexity index is 490. The molecule has 1 aliphatic rings. The maximum absolute atomic E-state index is 12.1. The molecule has 2 atom stereocenters. The molecule has 0 saturated heterocycles. The van der Waals surface area contributed by atoms with Crippen LogP contribution in [0.15, 0.2) is 30.3 Å². The van der Waals surface area contributed by atoms with Crippen LogP contribution in [0.25, 0.3) is 0 Å². The van der Waals surface area contributed by atoms with Gasteiger partial charge in [0.25, 0.3) is 0 Å². The molecule has 1 aromatic carbocycles. The number of rotatable bonds is 4. The molecule has 0 aliphatic heterocycles. The lowest BCUT2D eigenvalue weighted by Crippen LogP contribution is -2.42. The van der Waals surface area contributed by atoms with Gasteiger partial charge in [-0.2, -0.15) is 0 Å². The van der Waals surface area contributed by atoms with Crippen molar-refractivity contribution in [1.82, 2.24) is 5.32 Å². The van der Waals surface area contributed by atoms with Crippen molar-refractivity contribution in [3.63, 3.8) is 0 Å². The van der Waals surface area contributed by atoms with Crippen LogP contribution in [0.5, 0.6) is 0 Å². The molecule has 0 aromatic heterocycles. The third-order valence-corrected chi connectivity index (χ3v) is 4.19. The Balaban J connectivity index is 1.89. The zero-order valence-corrected chi connectivity index (χ0v) is 12.3. The number of para-hydroxylation sites is 1. The molecule has 0 bridgehead atoms. The van der Waals surface area contributed by atoms with Crippen LogP contribution in [0.3, 0.4) is 0 Å². The Hall–Kier alpha value is -2.04. The van der Waals surface area contributed by atoms with E-state index in [-0.39, 0.29) is 17.9 Å². The number of benzene rings is 1. The zero-order chi connectivity index (χ0) is 15.2. The van der Waals surface area contributed by atoms with Gasteiger partial charge in [-0.25, -0.2) is 4.79 Å². The van der Waals surface area contributed by atoms with Crippen LogP contribution in [0.1, 0.15) is 25.7 Å². The number of anilines is 1. The van der Waals surface area contributed by atoms with Crippen molar-refractivity contribution in [2.75, 3.05) is 18.5 Å². The van der Waals surface area contributed by atoms with Gasteiger partial charge in [0.2, 0.25) is 0 Å². The third-order valence-electron chi connectivity index (χ3n) is 4.19. The van der Waals surface area contributed by atoms with E-state index in [1.165, 1.54) is 0 Å². The highest BCUT2D eigenvalue weighted by Crippen LogP contribution is 2.29. The minimum atomic E-state index is -0.745. The summed E-state index contributed by atoms with van der Waals surface area (Å²) in [7, 11) is 1.71. The largest absolute Gasteiger partial charge is 0.481 e. The number of carboxylic acid groups (broad SMARTS) is 1. The van der Waals surface area contributed by atoms with E-state index in [0.717, 1.165) is 24.9 Å². The molecule has 2 rings (SSSR count). The minimum Gasteiger partial charge on any atom is -0.481 e. The fraction of sp³-hybridized carbons (Fsp3) is 0.500. The van der Waals surface area contributed by atoms with E-state index >= 15 is 0 Å². The van der Waals surface area contributed by atoms with Gasteiger partial charge in [-0.15, -0.1) is 0 Å². The summed E-state index contributed by atoms with van der Waals surface area (Å²) in [5, 5.41) is 12.1. The van der Waals surface area contributed by atoms with E-state index < -0.39 is 5.97 Å². The van der Waals surface area contributed by atoms with Crippen LogP contribution < -0.4 is 10.2 Å². The number of carbonyl (C=O) groups is 2. The van der Waals surface area contributed by atoms with E-state index in [1.807, 2.05) is 30.3 Å². The normalized spacial score (nSPS) is 21.6. The van der Waals surface area contributed by atoms with Gasteiger partial charge >= 0.3 is 12.0 Å². The van der Waals surface area contributed by atoms with Crippen LogP contribution in [-0.4, -0.2) is 30.7 Å². The topological polar surface area (TPSA) is 69.6 Å². The van der Waals surface area contributed by atoms with E-state index in [1.54, 1.807) is 11.9 Å². The monoisotopic (exact) mass is 290 g/mol. The van der Waals surface area contributed by atoms with Crippen LogP contribution in [0, 0.1) is 11.8 Å². The molecule has 21 heavy (non-hydrogen) atoms. The average molecular weight is 290 g/mol. The van der Waals surface area contributed by atoms with Crippen LogP contribution in [-0.2, 0) is 4.79 Å². The predicted molar refractivity (Wildman–Crippen MR) is 81.3 cm³/mol. The molecule has 114 valence electrons. The number of carboxylic acids is 1. The smallest absolute Gasteiger partial charge is 0.321 e. The zero-order valence-electron chi connectivity index (χ0n) is 12.3. The van der Waals surface area contributed by atoms with E-state index in [4.69, 9.17) is 0 Å². The second-order valence-electron chi connectivity index (χ2n) is 5.57. The summed E-state index contributed by atoms with van der Waals surface area (Å²) in [6.07, 6.45) is 3.58. The molecule has 0 radical (unpaired) electrons. The number of nitrogens with one attached hydrogen (secondary N) is 1. The summed E-state index contributed by atoms with van der Waals surface area (Å²) < 4.78 is 0. The molecule has 0 heterocycles. The van der Waals surface area contributed by atoms with Gasteiger partial charge in [0, 0.05) is 19.3 Å². The number of hydrogen-bond donors (Lipinski definition) is 2. The fourth-order valence-electron chi connectivity index (χ4n) is 2.88. The highest BCUT2D eigenvalue weighted by Gasteiger charge is 2.31. The first-order chi connectivity index (χ1) is 10.1.